The van der Waals surface area contributed by atoms with E-state index in [1.807, 2.05) is 42.5 Å². The summed E-state index contributed by atoms with van der Waals surface area (Å²) in [5, 5.41) is 3.20. The topological polar surface area (TPSA) is 71.8 Å². The molecule has 7 heteroatoms. The maximum atomic E-state index is 12.8. The van der Waals surface area contributed by atoms with Gasteiger partial charge in [0.1, 0.15) is 18.1 Å². The predicted octanol–water partition coefficient (Wildman–Crippen LogP) is 3.81. The van der Waals surface area contributed by atoms with Gasteiger partial charge < -0.3 is 19.4 Å². The molecule has 6 nitrogen and oxygen atoms in total. The Kier molecular flexibility index (Phi) is 4.79. The van der Waals surface area contributed by atoms with Gasteiger partial charge in [-0.3, -0.25) is 9.59 Å². The first kappa shape index (κ1) is 18.1. The zero-order chi connectivity index (χ0) is 19.7. The van der Waals surface area contributed by atoms with Crippen LogP contribution in [0.15, 0.2) is 59.0 Å². The molecule has 2 heterocycles. The first-order valence-corrected chi connectivity index (χ1v) is 9.03. The van der Waals surface area contributed by atoms with E-state index in [1.54, 1.807) is 19.2 Å². The highest BCUT2D eigenvalue weighted by atomic mass is 35.5. The van der Waals surface area contributed by atoms with Gasteiger partial charge in [0.2, 0.25) is 5.91 Å². The number of benzene rings is 2. The van der Waals surface area contributed by atoms with Crippen LogP contribution in [-0.2, 0) is 4.79 Å². The molecule has 0 atom stereocenters. The summed E-state index contributed by atoms with van der Waals surface area (Å²) < 4.78 is 11.3. The monoisotopic (exact) mass is 396 g/mol. The fourth-order valence-electron chi connectivity index (χ4n) is 3.11. The molecule has 28 heavy (non-hydrogen) atoms. The first-order chi connectivity index (χ1) is 13.5. The minimum atomic E-state index is -0.351. The second-order valence-electron chi connectivity index (χ2n) is 6.36. The Labute approximate surface area is 166 Å². The lowest BCUT2D eigenvalue weighted by atomic mass is 10.0. The van der Waals surface area contributed by atoms with Crippen LogP contribution in [-0.4, -0.2) is 37.0 Å². The van der Waals surface area contributed by atoms with E-state index >= 15 is 0 Å². The van der Waals surface area contributed by atoms with E-state index < -0.39 is 0 Å². The maximum absolute atomic E-state index is 12.8. The summed E-state index contributed by atoms with van der Waals surface area (Å²) in [5.41, 5.74) is 2.32. The summed E-state index contributed by atoms with van der Waals surface area (Å²) in [6.07, 6.45) is 0. The number of nitrogens with zero attached hydrogens (tertiary/aromatic N) is 1. The minimum absolute atomic E-state index is 0.0144. The number of methoxy groups -OCH3 is 1. The molecule has 3 aromatic rings. The Bertz CT molecular complexity index is 1060. The zero-order valence-corrected chi connectivity index (χ0v) is 15.8. The average Bonchev–Trinajstić information content (AvgIpc) is 3.34. The number of ether oxygens (including phenoxy) is 1. The maximum Gasteiger partial charge on any atom is 0.291 e. The molecule has 1 aliphatic heterocycles. The fourth-order valence-corrected chi connectivity index (χ4v) is 3.30. The number of rotatable bonds is 4. The van der Waals surface area contributed by atoms with Gasteiger partial charge in [0.05, 0.1) is 13.8 Å². The number of amides is 2. The van der Waals surface area contributed by atoms with Crippen molar-refractivity contribution in [2.45, 2.75) is 0 Å². The van der Waals surface area contributed by atoms with Gasteiger partial charge in [-0.2, -0.15) is 0 Å². The van der Waals surface area contributed by atoms with Gasteiger partial charge in [-0.25, -0.2) is 0 Å². The molecule has 1 fully saturated rings. The molecule has 1 aromatic heterocycles. The second kappa shape index (κ2) is 7.40. The molecular weight excluding hydrogens is 380 g/mol. The largest absolute Gasteiger partial charge is 0.497 e. The lowest BCUT2D eigenvalue weighted by molar-refractivity contribution is -0.118. The van der Waals surface area contributed by atoms with Gasteiger partial charge >= 0.3 is 0 Å². The standard InChI is InChI=1S/C21H17ClN2O4/c1-27-16-7-3-5-14(9-16)20-17(13-4-2-6-15(22)8-13)10-18(28-20)21(26)24-11-19(25)23-12-24/h2-10H,11-12H2,1H3,(H,23,25). The average molecular weight is 397 g/mol. The van der Waals surface area contributed by atoms with Crippen molar-refractivity contribution >= 4 is 23.4 Å². The number of carbonyl (C=O) groups is 2. The van der Waals surface area contributed by atoms with Gasteiger partial charge in [0.25, 0.3) is 5.91 Å². The van der Waals surface area contributed by atoms with Crippen LogP contribution < -0.4 is 10.1 Å². The number of carbonyl (C=O) groups excluding carboxylic acids is 2. The Hall–Kier alpha value is -3.25. The quantitative estimate of drug-likeness (QED) is 0.728. The normalized spacial score (nSPS) is 13.5. The Morgan fingerprint density at radius 3 is 2.64 bits per heavy atom. The van der Waals surface area contributed by atoms with E-state index in [2.05, 4.69) is 5.32 Å². The number of nitrogens with one attached hydrogen (secondary N) is 1. The lowest BCUT2D eigenvalue weighted by Crippen LogP contribution is -2.29. The lowest BCUT2D eigenvalue weighted by Gasteiger charge is -2.10. The van der Waals surface area contributed by atoms with Crippen LogP contribution in [0.3, 0.4) is 0 Å². The summed E-state index contributed by atoms with van der Waals surface area (Å²) in [6.45, 7) is 0.180. The Morgan fingerprint density at radius 1 is 1.14 bits per heavy atom. The van der Waals surface area contributed by atoms with Crippen molar-refractivity contribution in [3.05, 3.63) is 65.4 Å². The molecule has 2 amide bonds. The molecule has 1 saturated heterocycles. The van der Waals surface area contributed by atoms with Crippen LogP contribution in [0.25, 0.3) is 22.5 Å². The van der Waals surface area contributed by atoms with E-state index in [1.165, 1.54) is 4.90 Å². The third-order valence-electron chi connectivity index (χ3n) is 4.50. The van der Waals surface area contributed by atoms with Crippen LogP contribution in [0.4, 0.5) is 0 Å². The minimum Gasteiger partial charge on any atom is -0.497 e. The Balaban J connectivity index is 1.82. The van der Waals surface area contributed by atoms with Gasteiger partial charge in [0.15, 0.2) is 5.76 Å². The number of hydrogen-bond acceptors (Lipinski definition) is 4. The van der Waals surface area contributed by atoms with Crippen LogP contribution >= 0.6 is 11.6 Å². The van der Waals surface area contributed by atoms with E-state index in [0.717, 1.165) is 16.7 Å². The van der Waals surface area contributed by atoms with Crippen molar-refractivity contribution < 1.29 is 18.7 Å². The number of furan rings is 1. The third kappa shape index (κ3) is 3.46. The van der Waals surface area contributed by atoms with Crippen molar-refractivity contribution in [3.63, 3.8) is 0 Å². The summed E-state index contributed by atoms with van der Waals surface area (Å²) in [5.74, 6) is 0.819. The summed E-state index contributed by atoms with van der Waals surface area (Å²) >= 11 is 6.16. The molecule has 0 bridgehead atoms. The zero-order valence-electron chi connectivity index (χ0n) is 15.1. The first-order valence-electron chi connectivity index (χ1n) is 8.65. The molecule has 1 N–H and O–H groups in total. The number of halogens is 1. The predicted molar refractivity (Wildman–Crippen MR) is 105 cm³/mol. The van der Waals surface area contributed by atoms with Crippen molar-refractivity contribution in [1.29, 1.82) is 0 Å². The summed E-state index contributed by atoms with van der Waals surface area (Å²) in [4.78, 5) is 25.6. The van der Waals surface area contributed by atoms with E-state index in [-0.39, 0.29) is 30.8 Å². The highest BCUT2D eigenvalue weighted by molar-refractivity contribution is 6.30. The fraction of sp³-hybridized carbons (Fsp3) is 0.143. The summed E-state index contributed by atoms with van der Waals surface area (Å²) in [6, 6.07) is 16.4. The smallest absolute Gasteiger partial charge is 0.291 e. The second-order valence-corrected chi connectivity index (χ2v) is 6.79. The molecular formula is C21H17ClN2O4. The molecule has 0 radical (unpaired) electrons. The van der Waals surface area contributed by atoms with Crippen molar-refractivity contribution in [1.82, 2.24) is 10.2 Å². The molecule has 142 valence electrons. The van der Waals surface area contributed by atoms with Gasteiger partial charge in [0, 0.05) is 16.1 Å². The van der Waals surface area contributed by atoms with E-state index in [0.29, 0.717) is 16.5 Å². The van der Waals surface area contributed by atoms with Crippen LogP contribution in [0, 0.1) is 0 Å². The Morgan fingerprint density at radius 2 is 1.93 bits per heavy atom. The van der Waals surface area contributed by atoms with Crippen LogP contribution in [0.2, 0.25) is 5.02 Å². The van der Waals surface area contributed by atoms with Crippen molar-refractivity contribution in [2.75, 3.05) is 20.3 Å². The molecule has 0 saturated carbocycles. The molecule has 0 spiro atoms. The molecule has 0 aliphatic carbocycles. The highest BCUT2D eigenvalue weighted by Gasteiger charge is 2.28. The van der Waals surface area contributed by atoms with E-state index in [9.17, 15) is 9.59 Å². The van der Waals surface area contributed by atoms with Gasteiger partial charge in [-0.05, 0) is 35.9 Å². The van der Waals surface area contributed by atoms with Crippen molar-refractivity contribution in [3.8, 4) is 28.2 Å². The van der Waals surface area contributed by atoms with E-state index in [4.69, 9.17) is 20.8 Å². The van der Waals surface area contributed by atoms with Gasteiger partial charge in [-0.1, -0.05) is 35.9 Å². The van der Waals surface area contributed by atoms with Crippen LogP contribution in [0.1, 0.15) is 10.6 Å². The SMILES string of the molecule is COc1cccc(-c2oc(C(=O)N3CNC(=O)C3)cc2-c2cccc(Cl)c2)c1. The highest BCUT2D eigenvalue weighted by Crippen LogP contribution is 2.37. The summed E-state index contributed by atoms with van der Waals surface area (Å²) in [7, 11) is 1.59. The number of hydrogen-bond donors (Lipinski definition) is 1. The molecule has 0 unspecified atom stereocenters. The van der Waals surface area contributed by atoms with Gasteiger partial charge in [-0.15, -0.1) is 0 Å². The molecule has 4 rings (SSSR count). The molecule has 2 aromatic carbocycles. The molecule has 1 aliphatic rings. The van der Waals surface area contributed by atoms with Crippen molar-refractivity contribution in [2.24, 2.45) is 0 Å². The third-order valence-corrected chi connectivity index (χ3v) is 4.73. The van der Waals surface area contributed by atoms with Crippen LogP contribution in [0.5, 0.6) is 5.75 Å².